The number of carboxylic acids is 1. The third-order valence-corrected chi connectivity index (χ3v) is 3.85. The van der Waals surface area contributed by atoms with E-state index in [1.807, 2.05) is 11.8 Å². The fourth-order valence-corrected chi connectivity index (χ4v) is 2.77. The quantitative estimate of drug-likeness (QED) is 0.917. The van der Waals surface area contributed by atoms with Gasteiger partial charge >= 0.3 is 5.97 Å². The molecule has 1 aliphatic rings. The smallest absolute Gasteiger partial charge is 0.354 e. The van der Waals surface area contributed by atoms with Gasteiger partial charge in [-0.05, 0) is 31.9 Å². The van der Waals surface area contributed by atoms with E-state index in [4.69, 9.17) is 5.11 Å². The number of hydrogen-bond donors (Lipinski definition) is 1. The zero-order valence-electron chi connectivity index (χ0n) is 11.7. The molecule has 5 nitrogen and oxygen atoms in total. The molecule has 20 heavy (non-hydrogen) atoms. The van der Waals surface area contributed by atoms with Crippen molar-refractivity contribution in [2.75, 3.05) is 6.54 Å². The summed E-state index contributed by atoms with van der Waals surface area (Å²) in [7, 11) is 0. The second-order valence-electron chi connectivity index (χ2n) is 5.12. The van der Waals surface area contributed by atoms with Crippen LogP contribution in [-0.2, 0) is 0 Å². The van der Waals surface area contributed by atoms with Gasteiger partial charge in [0.2, 0.25) is 0 Å². The molecule has 0 aliphatic heterocycles. The van der Waals surface area contributed by atoms with Gasteiger partial charge in [0.25, 0.3) is 5.91 Å². The van der Waals surface area contributed by atoms with Gasteiger partial charge in [-0.3, -0.25) is 4.79 Å². The number of carboxylic acid groups (broad SMARTS) is 1. The number of carbonyl (C=O) groups is 2. The molecule has 1 heterocycles. The molecule has 0 radical (unpaired) electrons. The van der Waals surface area contributed by atoms with Gasteiger partial charge in [0, 0.05) is 18.8 Å². The molecule has 1 saturated carbocycles. The van der Waals surface area contributed by atoms with Crippen LogP contribution >= 0.6 is 0 Å². The predicted octanol–water partition coefficient (Wildman–Crippen LogP) is 2.57. The van der Waals surface area contributed by atoms with Crippen molar-refractivity contribution >= 4 is 11.9 Å². The number of nitrogens with zero attached hydrogens (tertiary/aromatic N) is 2. The highest BCUT2D eigenvalue weighted by molar-refractivity contribution is 5.95. The highest BCUT2D eigenvalue weighted by atomic mass is 16.4. The summed E-state index contributed by atoms with van der Waals surface area (Å²) >= 11 is 0. The third-order valence-electron chi connectivity index (χ3n) is 3.85. The summed E-state index contributed by atoms with van der Waals surface area (Å²) in [6, 6.07) is 3.23. The molecule has 1 aliphatic carbocycles. The van der Waals surface area contributed by atoms with Crippen molar-refractivity contribution in [2.24, 2.45) is 0 Å². The summed E-state index contributed by atoms with van der Waals surface area (Å²) in [6.45, 7) is 2.65. The van der Waals surface area contributed by atoms with Gasteiger partial charge in [0.15, 0.2) is 0 Å². The fourth-order valence-electron chi connectivity index (χ4n) is 2.77. The van der Waals surface area contributed by atoms with Crippen LogP contribution in [0.25, 0.3) is 0 Å². The summed E-state index contributed by atoms with van der Waals surface area (Å²) in [5.74, 6) is -1.13. The number of aromatic carboxylic acids is 1. The van der Waals surface area contributed by atoms with Gasteiger partial charge < -0.3 is 10.0 Å². The molecule has 0 bridgehead atoms. The first-order chi connectivity index (χ1) is 9.63. The van der Waals surface area contributed by atoms with E-state index in [-0.39, 0.29) is 11.6 Å². The Balaban J connectivity index is 2.13. The molecule has 0 unspecified atom stereocenters. The van der Waals surface area contributed by atoms with Gasteiger partial charge in [-0.15, -0.1) is 0 Å². The molecule has 1 fully saturated rings. The average molecular weight is 276 g/mol. The predicted molar refractivity (Wildman–Crippen MR) is 74.8 cm³/mol. The minimum absolute atomic E-state index is 0.0396. The number of amides is 1. The lowest BCUT2D eigenvalue weighted by molar-refractivity contribution is 0.0642. The molecule has 108 valence electrons. The van der Waals surface area contributed by atoms with Crippen molar-refractivity contribution in [2.45, 2.75) is 45.1 Å². The standard InChI is InChI=1S/C15H20N2O3/c1-2-17(12-6-4-3-5-7-12)14(18)11-8-9-13(15(19)20)16-10-11/h8-10,12H,2-7H2,1H3,(H,19,20). The number of aromatic nitrogens is 1. The lowest BCUT2D eigenvalue weighted by Gasteiger charge is -2.33. The molecule has 1 amide bonds. The molecule has 1 aromatic heterocycles. The fraction of sp³-hybridized carbons (Fsp3) is 0.533. The molecule has 0 saturated heterocycles. The number of pyridine rings is 1. The van der Waals surface area contributed by atoms with Gasteiger partial charge in [-0.1, -0.05) is 19.3 Å². The number of hydrogen-bond acceptors (Lipinski definition) is 3. The third kappa shape index (κ3) is 3.15. The maximum Gasteiger partial charge on any atom is 0.354 e. The van der Waals surface area contributed by atoms with Crippen molar-refractivity contribution in [1.82, 2.24) is 9.88 Å². The SMILES string of the molecule is CCN(C(=O)c1ccc(C(=O)O)nc1)C1CCCCC1. The topological polar surface area (TPSA) is 70.5 Å². The normalized spacial score (nSPS) is 15.8. The summed E-state index contributed by atoms with van der Waals surface area (Å²) in [5, 5.41) is 8.82. The first kappa shape index (κ1) is 14.5. The van der Waals surface area contributed by atoms with Crippen LogP contribution in [0.5, 0.6) is 0 Å². The van der Waals surface area contributed by atoms with Gasteiger partial charge in [-0.2, -0.15) is 0 Å². The summed E-state index contributed by atoms with van der Waals surface area (Å²) in [4.78, 5) is 29.0. The Labute approximate surface area is 118 Å². The van der Waals surface area contributed by atoms with Gasteiger partial charge in [0.05, 0.1) is 5.56 Å². The van der Waals surface area contributed by atoms with E-state index in [0.717, 1.165) is 12.8 Å². The van der Waals surface area contributed by atoms with Gasteiger partial charge in [0.1, 0.15) is 5.69 Å². The molecule has 0 aromatic carbocycles. The average Bonchev–Trinajstić information content (AvgIpc) is 2.49. The van der Waals surface area contributed by atoms with Crippen molar-refractivity contribution in [3.05, 3.63) is 29.6 Å². The van der Waals surface area contributed by atoms with Crippen LogP contribution in [0.15, 0.2) is 18.3 Å². The lowest BCUT2D eigenvalue weighted by Crippen LogP contribution is -2.41. The lowest BCUT2D eigenvalue weighted by atomic mass is 9.94. The molecule has 0 spiro atoms. The van der Waals surface area contributed by atoms with E-state index < -0.39 is 5.97 Å². The minimum atomic E-state index is -1.08. The van der Waals surface area contributed by atoms with Crippen LogP contribution in [0.3, 0.4) is 0 Å². The number of rotatable bonds is 4. The Morgan fingerprint density at radius 1 is 1.30 bits per heavy atom. The van der Waals surface area contributed by atoms with Crippen molar-refractivity contribution in [1.29, 1.82) is 0 Å². The largest absolute Gasteiger partial charge is 0.477 e. The van der Waals surface area contributed by atoms with Crippen LogP contribution < -0.4 is 0 Å². The van der Waals surface area contributed by atoms with E-state index in [1.165, 1.54) is 31.5 Å². The van der Waals surface area contributed by atoms with Crippen LogP contribution in [0.2, 0.25) is 0 Å². The van der Waals surface area contributed by atoms with Crippen LogP contribution in [0, 0.1) is 0 Å². The molecule has 2 rings (SSSR count). The molecule has 1 N–H and O–H groups in total. The Bertz CT molecular complexity index is 478. The summed E-state index contributed by atoms with van der Waals surface area (Å²) in [6.07, 6.45) is 7.06. The Morgan fingerprint density at radius 3 is 2.50 bits per heavy atom. The van der Waals surface area contributed by atoms with E-state index in [2.05, 4.69) is 4.98 Å². The molecule has 5 heteroatoms. The van der Waals surface area contributed by atoms with E-state index >= 15 is 0 Å². The summed E-state index contributed by atoms with van der Waals surface area (Å²) in [5.41, 5.74) is 0.421. The molecular weight excluding hydrogens is 256 g/mol. The van der Waals surface area contributed by atoms with Crippen LogP contribution in [0.4, 0.5) is 0 Å². The maximum absolute atomic E-state index is 12.5. The Hall–Kier alpha value is -1.91. The summed E-state index contributed by atoms with van der Waals surface area (Å²) < 4.78 is 0. The van der Waals surface area contributed by atoms with E-state index in [1.54, 1.807) is 6.07 Å². The Morgan fingerprint density at radius 2 is 2.00 bits per heavy atom. The highest BCUT2D eigenvalue weighted by Crippen LogP contribution is 2.23. The second kappa shape index (κ2) is 6.50. The molecule has 1 aromatic rings. The molecule has 0 atom stereocenters. The highest BCUT2D eigenvalue weighted by Gasteiger charge is 2.25. The first-order valence-electron chi connectivity index (χ1n) is 7.13. The maximum atomic E-state index is 12.5. The monoisotopic (exact) mass is 276 g/mol. The van der Waals surface area contributed by atoms with Crippen LogP contribution in [0.1, 0.15) is 59.9 Å². The van der Waals surface area contributed by atoms with Crippen molar-refractivity contribution in [3.63, 3.8) is 0 Å². The zero-order valence-corrected chi connectivity index (χ0v) is 11.7. The first-order valence-corrected chi connectivity index (χ1v) is 7.13. The molecular formula is C15H20N2O3. The van der Waals surface area contributed by atoms with E-state index in [0.29, 0.717) is 18.2 Å². The second-order valence-corrected chi connectivity index (χ2v) is 5.12. The van der Waals surface area contributed by atoms with Crippen molar-refractivity contribution < 1.29 is 14.7 Å². The van der Waals surface area contributed by atoms with Crippen LogP contribution in [-0.4, -0.2) is 39.5 Å². The van der Waals surface area contributed by atoms with Crippen molar-refractivity contribution in [3.8, 4) is 0 Å². The minimum Gasteiger partial charge on any atom is -0.477 e. The number of carbonyl (C=O) groups excluding carboxylic acids is 1. The Kier molecular flexibility index (Phi) is 4.71. The zero-order chi connectivity index (χ0) is 14.5. The van der Waals surface area contributed by atoms with E-state index in [9.17, 15) is 9.59 Å². The van der Waals surface area contributed by atoms with Gasteiger partial charge in [-0.25, -0.2) is 9.78 Å².